The van der Waals surface area contributed by atoms with Gasteiger partial charge in [-0.15, -0.1) is 5.10 Å². The molecule has 13 heteroatoms. The Morgan fingerprint density at radius 3 is 2.54 bits per heavy atom. The highest BCUT2D eigenvalue weighted by Gasteiger charge is 2.44. The lowest BCUT2D eigenvalue weighted by Gasteiger charge is -2.44. The van der Waals surface area contributed by atoms with E-state index >= 15 is 0 Å². The summed E-state index contributed by atoms with van der Waals surface area (Å²) < 4.78 is 19.4. The topological polar surface area (TPSA) is 142 Å². The minimum absolute atomic E-state index is 0.0664. The molecule has 1 aliphatic rings. The predicted molar refractivity (Wildman–Crippen MR) is 173 cm³/mol. The molecule has 4 aromatic heterocycles. The molecule has 1 saturated heterocycles. The van der Waals surface area contributed by atoms with E-state index in [2.05, 4.69) is 39.0 Å². The van der Waals surface area contributed by atoms with Crippen molar-refractivity contribution >= 4 is 34.2 Å². The molecule has 0 aliphatic carbocycles. The second-order valence-corrected chi connectivity index (χ2v) is 11.5. The fraction of sp³-hybridized carbons (Fsp3) is 0.303. The van der Waals surface area contributed by atoms with Crippen molar-refractivity contribution in [3.8, 4) is 17.3 Å². The van der Waals surface area contributed by atoms with E-state index in [-0.39, 0.29) is 17.9 Å². The van der Waals surface area contributed by atoms with Crippen LogP contribution in [0.5, 0.6) is 5.75 Å². The van der Waals surface area contributed by atoms with Crippen LogP contribution in [0, 0.1) is 0 Å². The maximum absolute atomic E-state index is 14.7. The van der Waals surface area contributed by atoms with Gasteiger partial charge in [0.2, 0.25) is 11.8 Å². The van der Waals surface area contributed by atoms with E-state index < -0.39 is 5.54 Å². The number of hydrogen-bond acceptors (Lipinski definition) is 10. The van der Waals surface area contributed by atoms with Crippen LogP contribution in [0.2, 0.25) is 0 Å². The fourth-order valence-corrected chi connectivity index (χ4v) is 6.16. The molecule has 236 valence electrons. The molecule has 13 nitrogen and oxygen atoms in total. The molecule has 1 unspecified atom stereocenters. The Labute approximate surface area is 265 Å². The molecular weight excluding hydrogens is 586 g/mol. The summed E-state index contributed by atoms with van der Waals surface area (Å²) in [7, 11) is 1.65. The molecule has 0 bridgehead atoms. The van der Waals surface area contributed by atoms with Gasteiger partial charge in [-0.1, -0.05) is 30.3 Å². The van der Waals surface area contributed by atoms with Crippen LogP contribution in [0.4, 0.5) is 11.6 Å². The molecule has 6 aromatic rings. The monoisotopic (exact) mass is 621 g/mol. The van der Waals surface area contributed by atoms with Crippen molar-refractivity contribution in [1.82, 2.24) is 34.3 Å². The molecule has 2 N–H and O–H groups in total. The lowest BCUT2D eigenvalue weighted by molar-refractivity contribution is -0.139. The number of rotatable bonds is 9. The average Bonchev–Trinajstić information content (AvgIpc) is 3.86. The maximum Gasteiger partial charge on any atom is 0.255 e. The zero-order valence-electron chi connectivity index (χ0n) is 25.9. The molecule has 0 spiro atoms. The number of fused-ring (bicyclic) bond motifs is 3. The quantitative estimate of drug-likeness (QED) is 0.237. The minimum atomic E-state index is -1.23. The van der Waals surface area contributed by atoms with Crippen LogP contribution in [-0.2, 0) is 15.1 Å². The summed E-state index contributed by atoms with van der Waals surface area (Å²) in [5, 5.41) is 9.87. The number of hydrogen-bond donors (Lipinski definition) is 1. The number of piperazine rings is 1. The summed E-state index contributed by atoms with van der Waals surface area (Å²) in [5.74, 6) is 1.71. The summed E-state index contributed by atoms with van der Waals surface area (Å²) in [4.78, 5) is 28.3. The molecule has 1 fully saturated rings. The Bertz CT molecular complexity index is 1970. The number of carbonyl (C=O) groups excluding carboxylic acids is 1. The highest BCUT2D eigenvalue weighted by molar-refractivity contribution is 5.94. The number of nitrogen functional groups attached to an aromatic ring is 1. The molecule has 0 saturated carbocycles. The summed E-state index contributed by atoms with van der Waals surface area (Å²) >= 11 is 0. The van der Waals surface area contributed by atoms with Gasteiger partial charge in [-0.25, -0.2) is 9.67 Å². The van der Waals surface area contributed by atoms with Gasteiger partial charge in [0.1, 0.15) is 12.4 Å². The SMILES string of the molecule is COCCOc1ccc(N2CCN(C(=O)C(C)(c3ccccc3)n3ncc4c3nc(N)n3nc(-c5ccco5)nc43)C[C@@H]2C)cc1. The lowest BCUT2D eigenvalue weighted by Crippen LogP contribution is -2.59. The normalized spacial score (nSPS) is 16.6. The van der Waals surface area contributed by atoms with Crippen molar-refractivity contribution in [1.29, 1.82) is 0 Å². The Morgan fingerprint density at radius 1 is 1.02 bits per heavy atom. The van der Waals surface area contributed by atoms with Crippen LogP contribution >= 0.6 is 0 Å². The number of anilines is 2. The first-order valence-electron chi connectivity index (χ1n) is 15.2. The first-order valence-corrected chi connectivity index (χ1v) is 15.2. The Balaban J connectivity index is 1.21. The first-order chi connectivity index (χ1) is 22.4. The Kier molecular flexibility index (Phi) is 7.53. The number of nitrogens with zero attached hydrogens (tertiary/aromatic N) is 8. The van der Waals surface area contributed by atoms with Crippen LogP contribution in [0.15, 0.2) is 83.6 Å². The summed E-state index contributed by atoms with van der Waals surface area (Å²) in [5.41, 5.74) is 7.94. The van der Waals surface area contributed by atoms with Crippen LogP contribution in [0.1, 0.15) is 19.4 Å². The number of ether oxygens (including phenoxy) is 2. The molecule has 2 aromatic carbocycles. The van der Waals surface area contributed by atoms with E-state index in [1.807, 2.05) is 54.3 Å². The maximum atomic E-state index is 14.7. The number of methoxy groups -OCH3 is 1. The summed E-state index contributed by atoms with van der Waals surface area (Å²) in [6.45, 7) is 6.78. The highest BCUT2D eigenvalue weighted by atomic mass is 16.5. The Morgan fingerprint density at radius 2 is 1.83 bits per heavy atom. The van der Waals surface area contributed by atoms with Crippen molar-refractivity contribution < 1.29 is 18.7 Å². The van der Waals surface area contributed by atoms with Gasteiger partial charge < -0.3 is 29.4 Å². The van der Waals surface area contributed by atoms with Crippen LogP contribution < -0.4 is 15.4 Å². The van der Waals surface area contributed by atoms with Gasteiger partial charge in [0.05, 0.1) is 24.5 Å². The molecule has 2 atom stereocenters. The van der Waals surface area contributed by atoms with Crippen molar-refractivity contribution in [3.05, 3.63) is 84.8 Å². The summed E-state index contributed by atoms with van der Waals surface area (Å²) in [6, 6.07) is 21.3. The number of aromatic nitrogens is 6. The Hall–Kier alpha value is -5.43. The van der Waals surface area contributed by atoms with Crippen molar-refractivity contribution in [2.75, 3.05) is 50.6 Å². The molecule has 46 heavy (non-hydrogen) atoms. The van der Waals surface area contributed by atoms with Gasteiger partial charge >= 0.3 is 0 Å². The number of carbonyl (C=O) groups is 1. The van der Waals surface area contributed by atoms with E-state index in [1.54, 1.807) is 36.4 Å². The minimum Gasteiger partial charge on any atom is -0.491 e. The van der Waals surface area contributed by atoms with Crippen molar-refractivity contribution in [3.63, 3.8) is 0 Å². The van der Waals surface area contributed by atoms with E-state index in [0.29, 0.717) is 61.1 Å². The number of furan rings is 1. The highest BCUT2D eigenvalue weighted by Crippen LogP contribution is 2.34. The van der Waals surface area contributed by atoms with Crippen LogP contribution in [0.3, 0.4) is 0 Å². The van der Waals surface area contributed by atoms with Crippen molar-refractivity contribution in [2.24, 2.45) is 0 Å². The van der Waals surface area contributed by atoms with Gasteiger partial charge in [0.25, 0.3) is 5.91 Å². The molecule has 5 heterocycles. The third-order valence-corrected chi connectivity index (χ3v) is 8.59. The first kappa shape index (κ1) is 29.3. The van der Waals surface area contributed by atoms with Crippen molar-refractivity contribution in [2.45, 2.75) is 25.4 Å². The average molecular weight is 622 g/mol. The van der Waals surface area contributed by atoms with E-state index in [9.17, 15) is 4.79 Å². The van der Waals surface area contributed by atoms with Gasteiger partial charge in [0, 0.05) is 38.5 Å². The second kappa shape index (κ2) is 11.8. The van der Waals surface area contributed by atoms with Crippen LogP contribution in [0.25, 0.3) is 28.3 Å². The van der Waals surface area contributed by atoms with E-state index in [0.717, 1.165) is 17.0 Å². The standard InChI is InChI=1S/C33H35N9O4/c1-22-21-39(15-16-40(22)24-11-13-25(14-12-24)45-19-18-44-3)31(43)33(2,23-8-5-4-6-9-23)42-30-26(20-35-42)29-36-28(27-10-7-17-46-27)38-41(29)32(34)37-30/h4-14,17,20,22H,15-16,18-19,21H2,1-3H3,(H2,34,37)/t22-,33?/m0/s1. The largest absolute Gasteiger partial charge is 0.491 e. The second-order valence-electron chi connectivity index (χ2n) is 11.5. The molecule has 0 radical (unpaired) electrons. The molecule has 1 aliphatic heterocycles. The van der Waals surface area contributed by atoms with Gasteiger partial charge in [-0.05, 0) is 55.8 Å². The zero-order chi connectivity index (χ0) is 31.8. The molecular formula is C33H35N9O4. The van der Waals surface area contributed by atoms with Gasteiger partial charge in [-0.2, -0.15) is 14.6 Å². The van der Waals surface area contributed by atoms with E-state index in [1.165, 1.54) is 4.52 Å². The summed E-state index contributed by atoms with van der Waals surface area (Å²) in [6.07, 6.45) is 3.22. The third kappa shape index (κ3) is 4.98. The smallest absolute Gasteiger partial charge is 0.255 e. The van der Waals surface area contributed by atoms with Gasteiger partial charge in [0.15, 0.2) is 22.6 Å². The fourth-order valence-electron chi connectivity index (χ4n) is 6.16. The predicted octanol–water partition coefficient (Wildman–Crippen LogP) is 3.84. The number of benzene rings is 2. The third-order valence-electron chi connectivity index (χ3n) is 8.59. The van der Waals surface area contributed by atoms with Crippen LogP contribution in [-0.4, -0.2) is 86.2 Å². The number of nitrogens with two attached hydrogens (primary N) is 1. The van der Waals surface area contributed by atoms with E-state index in [4.69, 9.17) is 24.7 Å². The molecule has 1 amide bonds. The lowest BCUT2D eigenvalue weighted by atomic mass is 9.89. The molecule has 7 rings (SSSR count). The number of amides is 1. The zero-order valence-corrected chi connectivity index (χ0v) is 25.9. The van der Waals surface area contributed by atoms with Gasteiger partial charge in [-0.3, -0.25) is 4.79 Å².